The smallest absolute Gasteiger partial charge is 0.273 e. The predicted octanol–water partition coefficient (Wildman–Crippen LogP) is 4.75. The lowest BCUT2D eigenvalue weighted by Crippen LogP contribution is -2.17. The van der Waals surface area contributed by atoms with E-state index in [9.17, 15) is 14.9 Å². The third-order valence-corrected chi connectivity index (χ3v) is 4.57. The summed E-state index contributed by atoms with van der Waals surface area (Å²) in [5.74, 6) is 0.331. The van der Waals surface area contributed by atoms with Gasteiger partial charge in [0.15, 0.2) is 0 Å². The van der Waals surface area contributed by atoms with E-state index in [2.05, 4.69) is 15.5 Å². The Balaban J connectivity index is 1.49. The largest absolute Gasteiger partial charge is 0.455 e. The van der Waals surface area contributed by atoms with Gasteiger partial charge in [0.25, 0.3) is 11.6 Å². The molecule has 144 valence electrons. The molecule has 1 amide bonds. The zero-order valence-electron chi connectivity index (χ0n) is 14.8. The first-order valence-electron chi connectivity index (χ1n) is 8.46. The summed E-state index contributed by atoms with van der Waals surface area (Å²) in [5, 5.41) is 16.0. The number of carbonyl (C=O) groups is 1. The molecule has 0 radical (unpaired) electrons. The Bertz CT molecular complexity index is 1260. The summed E-state index contributed by atoms with van der Waals surface area (Å²) in [6, 6.07) is 14.8. The van der Waals surface area contributed by atoms with Gasteiger partial charge in [-0.15, -0.1) is 0 Å². The number of nitro groups is 1. The third kappa shape index (κ3) is 3.74. The minimum absolute atomic E-state index is 0.0954. The normalized spacial score (nSPS) is 11.2. The number of non-ortho nitro benzene ring substituents is 1. The maximum absolute atomic E-state index is 12.3. The molecule has 0 unspecified atom stereocenters. The van der Waals surface area contributed by atoms with Crippen LogP contribution in [0.1, 0.15) is 16.1 Å². The van der Waals surface area contributed by atoms with Crippen molar-refractivity contribution in [2.24, 2.45) is 5.10 Å². The zero-order chi connectivity index (χ0) is 20.4. The lowest BCUT2D eigenvalue weighted by molar-refractivity contribution is -0.384. The summed E-state index contributed by atoms with van der Waals surface area (Å²) >= 11 is 6.12. The number of nitro benzene ring substituents is 1. The Hall–Kier alpha value is -3.91. The van der Waals surface area contributed by atoms with E-state index in [0.29, 0.717) is 27.7 Å². The monoisotopic (exact) mass is 408 g/mol. The van der Waals surface area contributed by atoms with Crippen LogP contribution in [0.3, 0.4) is 0 Å². The standard InChI is InChI=1S/C20H13ClN4O4/c21-17-7-5-12(25(27)28)9-15(17)19-8-6-13(29-19)10-23-24-20(26)16-11-22-18-4-2-1-3-14(16)18/h1-11,22H,(H,24,26)/b23-10-. The molecule has 0 aliphatic heterocycles. The first-order chi connectivity index (χ1) is 14.0. The van der Waals surface area contributed by atoms with Gasteiger partial charge in [0, 0.05) is 34.8 Å². The van der Waals surface area contributed by atoms with E-state index in [1.165, 1.54) is 24.4 Å². The molecular weight excluding hydrogens is 396 g/mol. The average Bonchev–Trinajstić information content (AvgIpc) is 3.35. The summed E-state index contributed by atoms with van der Waals surface area (Å²) in [6.07, 6.45) is 2.95. The Morgan fingerprint density at radius 3 is 2.86 bits per heavy atom. The Labute approximate surface area is 168 Å². The minimum atomic E-state index is -0.509. The van der Waals surface area contributed by atoms with Gasteiger partial charge in [0.2, 0.25) is 0 Å². The number of hydrogen-bond donors (Lipinski definition) is 2. The van der Waals surface area contributed by atoms with Crippen molar-refractivity contribution in [1.29, 1.82) is 0 Å². The fourth-order valence-corrected chi connectivity index (χ4v) is 3.07. The van der Waals surface area contributed by atoms with E-state index >= 15 is 0 Å². The number of rotatable bonds is 5. The molecule has 2 N–H and O–H groups in total. The van der Waals surface area contributed by atoms with Crippen LogP contribution in [0.15, 0.2) is 70.3 Å². The molecule has 4 rings (SSSR count). The number of nitrogens with one attached hydrogen (secondary N) is 2. The number of aromatic amines is 1. The zero-order valence-corrected chi connectivity index (χ0v) is 15.5. The lowest BCUT2D eigenvalue weighted by Gasteiger charge is -2.00. The number of amides is 1. The van der Waals surface area contributed by atoms with Crippen LogP contribution in [0.2, 0.25) is 5.02 Å². The summed E-state index contributed by atoms with van der Waals surface area (Å²) < 4.78 is 5.61. The van der Waals surface area contributed by atoms with E-state index in [0.717, 1.165) is 10.9 Å². The first kappa shape index (κ1) is 18.5. The van der Waals surface area contributed by atoms with E-state index in [4.69, 9.17) is 16.0 Å². The fraction of sp³-hybridized carbons (Fsp3) is 0. The summed E-state index contributed by atoms with van der Waals surface area (Å²) in [7, 11) is 0. The number of aromatic nitrogens is 1. The topological polar surface area (TPSA) is 114 Å². The quantitative estimate of drug-likeness (QED) is 0.281. The lowest BCUT2D eigenvalue weighted by atomic mass is 10.1. The maximum atomic E-state index is 12.3. The van der Waals surface area contributed by atoms with Crippen LogP contribution in [0.5, 0.6) is 0 Å². The SMILES string of the molecule is O=C(N/N=C\c1ccc(-c2cc([N+](=O)[O-])ccc2Cl)o1)c1c[nH]c2ccccc12. The van der Waals surface area contributed by atoms with E-state index in [1.54, 1.807) is 18.3 Å². The summed E-state index contributed by atoms with van der Waals surface area (Å²) in [6.45, 7) is 0. The highest BCUT2D eigenvalue weighted by Crippen LogP contribution is 2.32. The molecule has 2 heterocycles. The molecule has 0 aliphatic rings. The van der Waals surface area contributed by atoms with Crippen LogP contribution in [0, 0.1) is 10.1 Å². The number of hydrogen-bond acceptors (Lipinski definition) is 5. The highest BCUT2D eigenvalue weighted by atomic mass is 35.5. The van der Waals surface area contributed by atoms with Gasteiger partial charge in [0.05, 0.1) is 21.7 Å². The molecule has 29 heavy (non-hydrogen) atoms. The van der Waals surface area contributed by atoms with E-state index < -0.39 is 4.92 Å². The van der Waals surface area contributed by atoms with E-state index in [1.807, 2.05) is 24.3 Å². The number of benzene rings is 2. The van der Waals surface area contributed by atoms with Crippen LogP contribution < -0.4 is 5.43 Å². The van der Waals surface area contributed by atoms with Crippen LogP contribution >= 0.6 is 11.6 Å². The van der Waals surface area contributed by atoms with Crippen LogP contribution in [0.25, 0.3) is 22.2 Å². The van der Waals surface area contributed by atoms with Crippen molar-refractivity contribution in [3.63, 3.8) is 0 Å². The molecule has 0 saturated heterocycles. The Morgan fingerprint density at radius 2 is 2.03 bits per heavy atom. The second-order valence-corrected chi connectivity index (χ2v) is 6.48. The molecule has 0 spiro atoms. The minimum Gasteiger partial charge on any atom is -0.455 e. The summed E-state index contributed by atoms with van der Waals surface area (Å²) in [4.78, 5) is 25.8. The van der Waals surface area contributed by atoms with Crippen molar-refractivity contribution in [2.45, 2.75) is 0 Å². The first-order valence-corrected chi connectivity index (χ1v) is 8.84. The molecule has 0 fully saturated rings. The van der Waals surface area contributed by atoms with Crippen LogP contribution in [0.4, 0.5) is 5.69 Å². The number of fused-ring (bicyclic) bond motifs is 1. The van der Waals surface area contributed by atoms with Gasteiger partial charge in [-0.3, -0.25) is 14.9 Å². The van der Waals surface area contributed by atoms with Crippen LogP contribution in [-0.4, -0.2) is 22.0 Å². The number of carbonyl (C=O) groups excluding carboxylic acids is 1. The number of halogens is 1. The van der Waals surface area contributed by atoms with Crippen molar-refractivity contribution in [3.8, 4) is 11.3 Å². The second-order valence-electron chi connectivity index (χ2n) is 6.07. The molecule has 9 heteroatoms. The molecule has 2 aromatic carbocycles. The van der Waals surface area contributed by atoms with Gasteiger partial charge in [0.1, 0.15) is 11.5 Å². The molecule has 8 nitrogen and oxygen atoms in total. The Morgan fingerprint density at radius 1 is 1.21 bits per heavy atom. The van der Waals surface area contributed by atoms with Gasteiger partial charge in [-0.05, 0) is 24.3 Å². The molecule has 4 aromatic rings. The number of H-pyrrole nitrogens is 1. The molecule has 0 bridgehead atoms. The van der Waals surface area contributed by atoms with Gasteiger partial charge in [-0.1, -0.05) is 29.8 Å². The maximum Gasteiger partial charge on any atom is 0.273 e. The number of nitrogens with zero attached hydrogens (tertiary/aromatic N) is 2. The highest BCUT2D eigenvalue weighted by Gasteiger charge is 2.14. The average molecular weight is 409 g/mol. The number of furan rings is 1. The van der Waals surface area contributed by atoms with Crippen molar-refractivity contribution in [3.05, 3.63) is 87.3 Å². The van der Waals surface area contributed by atoms with Crippen molar-refractivity contribution in [2.75, 3.05) is 0 Å². The predicted molar refractivity (Wildman–Crippen MR) is 109 cm³/mol. The van der Waals surface area contributed by atoms with Gasteiger partial charge in [-0.2, -0.15) is 5.10 Å². The second kappa shape index (κ2) is 7.61. The van der Waals surface area contributed by atoms with Crippen molar-refractivity contribution >= 4 is 40.3 Å². The van der Waals surface area contributed by atoms with Crippen molar-refractivity contribution in [1.82, 2.24) is 10.4 Å². The molecular formula is C20H13ClN4O4. The summed E-state index contributed by atoms with van der Waals surface area (Å²) in [5.41, 5.74) is 4.07. The van der Waals surface area contributed by atoms with Gasteiger partial charge >= 0.3 is 0 Å². The van der Waals surface area contributed by atoms with E-state index in [-0.39, 0.29) is 11.6 Å². The molecule has 2 aromatic heterocycles. The third-order valence-electron chi connectivity index (χ3n) is 4.24. The van der Waals surface area contributed by atoms with Crippen LogP contribution in [-0.2, 0) is 0 Å². The number of hydrazone groups is 1. The molecule has 0 aliphatic carbocycles. The fourth-order valence-electron chi connectivity index (χ4n) is 2.86. The van der Waals surface area contributed by atoms with Gasteiger partial charge in [-0.25, -0.2) is 5.43 Å². The molecule has 0 atom stereocenters. The van der Waals surface area contributed by atoms with Gasteiger partial charge < -0.3 is 9.40 Å². The Kier molecular flexibility index (Phi) is 4.84. The highest BCUT2D eigenvalue weighted by molar-refractivity contribution is 6.33. The number of para-hydroxylation sites is 1. The van der Waals surface area contributed by atoms with Crippen molar-refractivity contribution < 1.29 is 14.1 Å². The molecule has 0 saturated carbocycles.